The molecule has 3 amide bonds. The van der Waals surface area contributed by atoms with Gasteiger partial charge in [-0.1, -0.05) is 43.2 Å². The van der Waals surface area contributed by atoms with Crippen LogP contribution in [0, 0.1) is 6.92 Å². The van der Waals surface area contributed by atoms with Gasteiger partial charge in [0.25, 0.3) is 5.91 Å². The van der Waals surface area contributed by atoms with E-state index in [4.69, 9.17) is 4.99 Å². The van der Waals surface area contributed by atoms with E-state index >= 15 is 0 Å². The van der Waals surface area contributed by atoms with Gasteiger partial charge in [-0.25, -0.2) is 9.79 Å². The molecule has 2 unspecified atom stereocenters. The Balaban J connectivity index is 1.60. The largest absolute Gasteiger partial charge is 0.328 e. The number of unbranched alkanes of at least 4 members (excludes halogenated alkanes) is 1. The number of carbonyl (C=O) groups excluding carboxylic acids is 2. The van der Waals surface area contributed by atoms with Crippen LogP contribution < -0.4 is 0 Å². The van der Waals surface area contributed by atoms with Crippen LogP contribution in [0.3, 0.4) is 0 Å². The number of hydrogen-bond donors (Lipinski definition) is 0. The number of hydrogen-bond acceptors (Lipinski definition) is 5. The molecule has 4 rings (SSSR count). The van der Waals surface area contributed by atoms with E-state index in [0.717, 1.165) is 42.2 Å². The fourth-order valence-corrected chi connectivity index (χ4v) is 4.02. The molecule has 0 bridgehead atoms. The topological polar surface area (TPSA) is 59.5 Å². The quantitative estimate of drug-likeness (QED) is 0.787. The Morgan fingerprint density at radius 3 is 2.46 bits per heavy atom. The van der Waals surface area contributed by atoms with Crippen LogP contribution in [0.15, 0.2) is 41.2 Å². The molecule has 1 fully saturated rings. The first kappa shape index (κ1) is 18.5. The monoisotopic (exact) mass is 381 g/mol. The lowest BCUT2D eigenvalue weighted by molar-refractivity contribution is -0.137. The number of benzene rings is 1. The lowest BCUT2D eigenvalue weighted by Crippen LogP contribution is -2.63. The molecule has 148 valence electrons. The number of amides is 3. The maximum absolute atomic E-state index is 13.3. The summed E-state index contributed by atoms with van der Waals surface area (Å²) in [6.45, 7) is 7.35. The zero-order valence-corrected chi connectivity index (χ0v) is 16.9. The number of fused-ring (bicyclic) bond motifs is 3. The zero-order chi connectivity index (χ0) is 20.0. The number of aliphatic imine (C=N–C) groups is 1. The average Bonchev–Trinajstić information content (AvgIpc) is 3.18. The number of urea groups is 1. The van der Waals surface area contributed by atoms with Gasteiger partial charge in [0.2, 0.25) is 5.96 Å². The second-order valence-electron chi connectivity index (χ2n) is 7.77. The minimum absolute atomic E-state index is 0.186. The van der Waals surface area contributed by atoms with Gasteiger partial charge in [0, 0.05) is 25.5 Å². The molecule has 1 saturated heterocycles. The van der Waals surface area contributed by atoms with E-state index in [1.54, 1.807) is 11.9 Å². The average molecular weight is 381 g/mol. The molecule has 2 atom stereocenters. The standard InChI is InChI=1S/C21H27N5O2/c1-5-6-11-24-15(3)12-25-17-18(22-20(24)25)23(4)21(28)26(19(17)27)13-16-9-7-14(2)8-10-16/h7-10,12,17-18H,5-6,11,13H2,1-4H3. The van der Waals surface area contributed by atoms with Crippen LogP contribution in [0.5, 0.6) is 0 Å². The molecule has 3 aliphatic heterocycles. The number of guanidine groups is 1. The SMILES string of the molecule is CCCCN1C(C)=CN2C1=NC1C2C(=O)N(Cc2ccc(C)cc2)C(=O)N1C. The second kappa shape index (κ2) is 6.96. The minimum Gasteiger partial charge on any atom is -0.315 e. The third kappa shape index (κ3) is 2.85. The van der Waals surface area contributed by atoms with Gasteiger partial charge in [0.05, 0.1) is 6.54 Å². The van der Waals surface area contributed by atoms with Crippen LogP contribution in [-0.2, 0) is 11.3 Å². The van der Waals surface area contributed by atoms with Crippen molar-refractivity contribution >= 4 is 17.9 Å². The molecular weight excluding hydrogens is 354 g/mol. The molecule has 3 aliphatic rings. The molecule has 1 aromatic carbocycles. The van der Waals surface area contributed by atoms with Gasteiger partial charge < -0.3 is 14.7 Å². The second-order valence-corrected chi connectivity index (χ2v) is 7.77. The summed E-state index contributed by atoms with van der Waals surface area (Å²) in [6, 6.07) is 7.13. The predicted octanol–water partition coefficient (Wildman–Crippen LogP) is 2.73. The molecular formula is C21H27N5O2. The fourth-order valence-electron chi connectivity index (χ4n) is 4.02. The van der Waals surface area contributed by atoms with Crippen molar-refractivity contribution in [2.75, 3.05) is 13.6 Å². The number of likely N-dealkylation sites (N-methyl/N-ethyl adjacent to an activating group) is 1. The van der Waals surface area contributed by atoms with Crippen LogP contribution in [0.2, 0.25) is 0 Å². The first-order chi connectivity index (χ1) is 13.4. The fraction of sp³-hybridized carbons (Fsp3) is 0.476. The van der Waals surface area contributed by atoms with E-state index in [0.29, 0.717) is 0 Å². The Hall–Kier alpha value is -2.83. The Labute approximate surface area is 165 Å². The normalized spacial score (nSPS) is 23.9. The van der Waals surface area contributed by atoms with Crippen LogP contribution in [0.1, 0.15) is 37.8 Å². The Bertz CT molecular complexity index is 860. The predicted molar refractivity (Wildman–Crippen MR) is 107 cm³/mol. The van der Waals surface area contributed by atoms with Crippen LogP contribution in [0.25, 0.3) is 0 Å². The van der Waals surface area contributed by atoms with Crippen molar-refractivity contribution in [3.63, 3.8) is 0 Å². The summed E-state index contributed by atoms with van der Waals surface area (Å²) in [5.41, 5.74) is 3.18. The summed E-state index contributed by atoms with van der Waals surface area (Å²) >= 11 is 0. The third-order valence-corrected chi connectivity index (χ3v) is 5.70. The number of imide groups is 1. The summed E-state index contributed by atoms with van der Waals surface area (Å²) in [5, 5.41) is 0. The lowest BCUT2D eigenvalue weighted by Gasteiger charge is -2.40. The first-order valence-corrected chi connectivity index (χ1v) is 9.88. The van der Waals surface area contributed by atoms with E-state index in [9.17, 15) is 9.59 Å². The highest BCUT2D eigenvalue weighted by Gasteiger charge is 2.54. The van der Waals surface area contributed by atoms with Crippen LogP contribution in [0.4, 0.5) is 4.79 Å². The van der Waals surface area contributed by atoms with Crippen molar-refractivity contribution in [2.45, 2.75) is 52.4 Å². The van der Waals surface area contributed by atoms with Crippen molar-refractivity contribution in [3.8, 4) is 0 Å². The summed E-state index contributed by atoms with van der Waals surface area (Å²) < 4.78 is 0. The number of aryl methyl sites for hydroxylation is 1. The number of carbonyl (C=O) groups is 2. The molecule has 3 heterocycles. The minimum atomic E-state index is -0.496. The van der Waals surface area contributed by atoms with Gasteiger partial charge in [0.1, 0.15) is 0 Å². The molecule has 7 nitrogen and oxygen atoms in total. The molecule has 0 saturated carbocycles. The third-order valence-electron chi connectivity index (χ3n) is 5.70. The Morgan fingerprint density at radius 2 is 1.79 bits per heavy atom. The van der Waals surface area contributed by atoms with E-state index in [2.05, 4.69) is 11.8 Å². The highest BCUT2D eigenvalue weighted by molar-refractivity contribution is 6.04. The first-order valence-electron chi connectivity index (χ1n) is 9.88. The molecule has 1 aromatic rings. The summed E-state index contributed by atoms with van der Waals surface area (Å²) in [4.78, 5) is 38.0. The van der Waals surface area contributed by atoms with Gasteiger partial charge in [0.15, 0.2) is 12.2 Å². The maximum Gasteiger partial charge on any atom is 0.328 e. The van der Waals surface area contributed by atoms with Gasteiger partial charge in [-0.2, -0.15) is 0 Å². The van der Waals surface area contributed by atoms with Crippen LogP contribution >= 0.6 is 0 Å². The van der Waals surface area contributed by atoms with Crippen molar-refractivity contribution < 1.29 is 9.59 Å². The van der Waals surface area contributed by atoms with Crippen molar-refractivity contribution in [1.82, 2.24) is 19.6 Å². The molecule has 0 N–H and O–H groups in total. The summed E-state index contributed by atoms with van der Waals surface area (Å²) in [6.07, 6.45) is 3.66. The highest BCUT2D eigenvalue weighted by Crippen LogP contribution is 2.34. The van der Waals surface area contributed by atoms with Crippen LogP contribution in [-0.4, -0.2) is 63.3 Å². The van der Waals surface area contributed by atoms with Gasteiger partial charge in [-0.05, 0) is 25.8 Å². The van der Waals surface area contributed by atoms with Gasteiger partial charge in [-0.3, -0.25) is 9.69 Å². The number of rotatable bonds is 5. The molecule has 0 spiro atoms. The highest BCUT2D eigenvalue weighted by atomic mass is 16.2. The van der Waals surface area contributed by atoms with E-state index in [1.165, 1.54) is 4.90 Å². The number of nitrogens with zero attached hydrogens (tertiary/aromatic N) is 5. The van der Waals surface area contributed by atoms with E-state index < -0.39 is 12.2 Å². The van der Waals surface area contributed by atoms with E-state index in [-0.39, 0.29) is 18.5 Å². The van der Waals surface area contributed by atoms with E-state index in [1.807, 2.05) is 49.2 Å². The number of allylic oxidation sites excluding steroid dienone is 1. The molecule has 28 heavy (non-hydrogen) atoms. The Morgan fingerprint density at radius 1 is 1.07 bits per heavy atom. The zero-order valence-electron chi connectivity index (χ0n) is 16.9. The lowest BCUT2D eigenvalue weighted by atomic mass is 10.1. The van der Waals surface area contributed by atoms with Crippen molar-refractivity contribution in [1.29, 1.82) is 0 Å². The smallest absolute Gasteiger partial charge is 0.315 e. The van der Waals surface area contributed by atoms with Gasteiger partial charge >= 0.3 is 6.03 Å². The molecule has 7 heteroatoms. The molecule has 0 aliphatic carbocycles. The Kier molecular flexibility index (Phi) is 4.61. The molecule has 0 aromatic heterocycles. The summed E-state index contributed by atoms with van der Waals surface area (Å²) in [5.74, 6) is 0.597. The maximum atomic E-state index is 13.3. The van der Waals surface area contributed by atoms with Crippen molar-refractivity contribution in [2.24, 2.45) is 4.99 Å². The molecule has 0 radical (unpaired) electrons. The van der Waals surface area contributed by atoms with Crippen molar-refractivity contribution in [3.05, 3.63) is 47.3 Å². The summed E-state index contributed by atoms with van der Waals surface area (Å²) in [7, 11) is 1.73. The van der Waals surface area contributed by atoms with Gasteiger partial charge in [-0.15, -0.1) is 0 Å².